The molecule has 142 valence electrons. The highest BCUT2D eigenvalue weighted by molar-refractivity contribution is 5.96. The number of rotatable bonds is 7. The van der Waals surface area contributed by atoms with E-state index < -0.39 is 12.1 Å². The van der Waals surface area contributed by atoms with Gasteiger partial charge >= 0.3 is 5.97 Å². The highest BCUT2D eigenvalue weighted by Gasteiger charge is 2.18. The van der Waals surface area contributed by atoms with Gasteiger partial charge in [0.2, 0.25) is 0 Å². The van der Waals surface area contributed by atoms with Crippen LogP contribution in [0.3, 0.4) is 0 Å². The zero-order chi connectivity index (χ0) is 20.0. The fourth-order valence-corrected chi connectivity index (χ4v) is 2.29. The van der Waals surface area contributed by atoms with Crippen LogP contribution in [-0.2, 0) is 9.53 Å². The number of esters is 1. The molecule has 0 bridgehead atoms. The molecule has 0 fully saturated rings. The maximum absolute atomic E-state index is 12.3. The normalized spacial score (nSPS) is 11.3. The maximum Gasteiger partial charge on any atom is 0.337 e. The van der Waals surface area contributed by atoms with E-state index in [4.69, 9.17) is 9.47 Å². The summed E-state index contributed by atoms with van der Waals surface area (Å²) in [5, 5.41) is 2.71. The van der Waals surface area contributed by atoms with E-state index in [1.54, 1.807) is 31.2 Å². The molecule has 0 saturated carbocycles. The third kappa shape index (κ3) is 5.07. The number of ether oxygens (including phenoxy) is 3. The summed E-state index contributed by atoms with van der Waals surface area (Å²) in [6.07, 6.45) is -0.824. The van der Waals surface area contributed by atoms with E-state index in [2.05, 4.69) is 10.1 Å². The van der Waals surface area contributed by atoms with Crippen LogP contribution < -0.4 is 14.8 Å². The van der Waals surface area contributed by atoms with Crippen molar-refractivity contribution in [1.82, 2.24) is 0 Å². The average molecular weight is 371 g/mol. The van der Waals surface area contributed by atoms with Crippen molar-refractivity contribution in [1.29, 1.82) is 0 Å². The number of carbonyl (C=O) groups excluding carboxylic acids is 3. The predicted octanol–water partition coefficient (Wildman–Crippen LogP) is 3.09. The molecule has 7 nitrogen and oxygen atoms in total. The molecule has 0 saturated heterocycles. The number of benzene rings is 2. The second-order valence-electron chi connectivity index (χ2n) is 5.74. The fourth-order valence-electron chi connectivity index (χ4n) is 2.29. The first-order chi connectivity index (χ1) is 12.8. The Kier molecular flexibility index (Phi) is 6.54. The fraction of sp³-hybridized carbons (Fsp3) is 0.250. The lowest BCUT2D eigenvalue weighted by atomic mass is 10.1. The first-order valence-corrected chi connectivity index (χ1v) is 8.20. The molecule has 0 unspecified atom stereocenters. The van der Waals surface area contributed by atoms with Crippen molar-refractivity contribution in [2.45, 2.75) is 20.0 Å². The third-order valence-electron chi connectivity index (χ3n) is 3.82. The Hall–Kier alpha value is -3.35. The van der Waals surface area contributed by atoms with Crippen LogP contribution in [0.5, 0.6) is 11.5 Å². The zero-order valence-corrected chi connectivity index (χ0v) is 15.6. The van der Waals surface area contributed by atoms with Crippen LogP contribution in [0.4, 0.5) is 5.69 Å². The minimum atomic E-state index is -0.824. The monoisotopic (exact) mass is 371 g/mol. The van der Waals surface area contributed by atoms with Gasteiger partial charge in [-0.1, -0.05) is 0 Å². The van der Waals surface area contributed by atoms with E-state index in [1.807, 2.05) is 0 Å². The minimum absolute atomic E-state index is 0.0490. The third-order valence-corrected chi connectivity index (χ3v) is 3.82. The van der Waals surface area contributed by atoms with Crippen molar-refractivity contribution in [3.05, 3.63) is 53.6 Å². The molecule has 7 heteroatoms. The Balaban J connectivity index is 2.07. The zero-order valence-electron chi connectivity index (χ0n) is 15.6. The summed E-state index contributed by atoms with van der Waals surface area (Å²) in [6.45, 7) is 3.06. The van der Waals surface area contributed by atoms with Crippen molar-refractivity contribution >= 4 is 23.3 Å². The molecule has 1 N–H and O–H groups in total. The highest BCUT2D eigenvalue weighted by Crippen LogP contribution is 2.29. The van der Waals surface area contributed by atoms with Crippen LogP contribution in [0, 0.1) is 0 Å². The van der Waals surface area contributed by atoms with Crippen LogP contribution in [0.15, 0.2) is 42.5 Å². The molecular weight excluding hydrogens is 350 g/mol. The van der Waals surface area contributed by atoms with Crippen molar-refractivity contribution in [3.63, 3.8) is 0 Å². The Bertz CT molecular complexity index is 844. The van der Waals surface area contributed by atoms with Gasteiger partial charge in [0.15, 0.2) is 23.4 Å². The number of hydrogen-bond donors (Lipinski definition) is 1. The van der Waals surface area contributed by atoms with Gasteiger partial charge in [-0.15, -0.1) is 0 Å². The molecular formula is C20H21NO6. The SMILES string of the molecule is COC(=O)c1ccc(O[C@@H](C)C(=O)Nc2ccc(C(C)=O)cc2)c(OC)c1. The average Bonchev–Trinajstić information content (AvgIpc) is 2.67. The van der Waals surface area contributed by atoms with Gasteiger partial charge in [-0.05, 0) is 56.3 Å². The number of anilines is 1. The Morgan fingerprint density at radius 1 is 0.926 bits per heavy atom. The number of amides is 1. The predicted molar refractivity (Wildman–Crippen MR) is 99.5 cm³/mol. The molecule has 0 aliphatic heterocycles. The summed E-state index contributed by atoms with van der Waals surface area (Å²) in [5.41, 5.74) is 1.42. The standard InChI is InChI=1S/C20H21NO6/c1-12(22)14-5-8-16(9-6-14)21-19(23)13(2)27-17-10-7-15(20(24)26-4)11-18(17)25-3/h5-11,13H,1-4H3,(H,21,23)/t13-/m0/s1. The van der Waals surface area contributed by atoms with Gasteiger partial charge in [0.25, 0.3) is 5.91 Å². The minimum Gasteiger partial charge on any atom is -0.493 e. The van der Waals surface area contributed by atoms with Gasteiger partial charge in [0.05, 0.1) is 19.8 Å². The molecule has 0 heterocycles. The molecule has 2 rings (SSSR count). The van der Waals surface area contributed by atoms with E-state index in [9.17, 15) is 14.4 Å². The number of ketones is 1. The van der Waals surface area contributed by atoms with Gasteiger partial charge in [-0.25, -0.2) is 4.79 Å². The largest absolute Gasteiger partial charge is 0.493 e. The Morgan fingerprint density at radius 2 is 1.56 bits per heavy atom. The second kappa shape index (κ2) is 8.84. The molecule has 0 aliphatic rings. The topological polar surface area (TPSA) is 90.9 Å². The van der Waals surface area contributed by atoms with Crippen LogP contribution in [0.1, 0.15) is 34.6 Å². The molecule has 1 atom stereocenters. The molecule has 2 aromatic carbocycles. The first-order valence-electron chi connectivity index (χ1n) is 8.20. The first kappa shape index (κ1) is 20.0. The lowest BCUT2D eigenvalue weighted by molar-refractivity contribution is -0.122. The van der Waals surface area contributed by atoms with E-state index in [-0.39, 0.29) is 11.7 Å². The summed E-state index contributed by atoms with van der Waals surface area (Å²) >= 11 is 0. The number of Topliss-reactive ketones (excluding diaryl/α,β-unsaturated/α-hetero) is 1. The number of carbonyl (C=O) groups is 3. The Labute approximate surface area is 157 Å². The molecule has 27 heavy (non-hydrogen) atoms. The van der Waals surface area contributed by atoms with Crippen LogP contribution in [0.25, 0.3) is 0 Å². The van der Waals surface area contributed by atoms with Gasteiger partial charge in [0.1, 0.15) is 0 Å². The van der Waals surface area contributed by atoms with Crippen LogP contribution in [-0.4, -0.2) is 38.0 Å². The molecule has 2 aromatic rings. The summed E-state index contributed by atoms with van der Waals surface area (Å²) in [4.78, 5) is 35.2. The molecule has 1 amide bonds. The van der Waals surface area contributed by atoms with Crippen molar-refractivity contribution in [2.75, 3.05) is 19.5 Å². The summed E-state index contributed by atoms with van der Waals surface area (Å²) in [7, 11) is 2.72. The summed E-state index contributed by atoms with van der Waals surface area (Å²) in [5.74, 6) is -0.292. The summed E-state index contributed by atoms with van der Waals surface area (Å²) < 4.78 is 15.5. The number of nitrogens with one attached hydrogen (secondary N) is 1. The maximum atomic E-state index is 12.3. The second-order valence-corrected chi connectivity index (χ2v) is 5.74. The molecule has 0 spiro atoms. The quantitative estimate of drug-likeness (QED) is 0.594. The summed E-state index contributed by atoms with van der Waals surface area (Å²) in [6, 6.07) is 11.1. The lowest BCUT2D eigenvalue weighted by Crippen LogP contribution is -2.30. The van der Waals surface area contributed by atoms with Crippen molar-refractivity contribution in [3.8, 4) is 11.5 Å². The molecule has 0 aliphatic carbocycles. The van der Waals surface area contributed by atoms with Crippen molar-refractivity contribution < 1.29 is 28.6 Å². The smallest absolute Gasteiger partial charge is 0.337 e. The number of methoxy groups -OCH3 is 2. The Morgan fingerprint density at radius 3 is 2.11 bits per heavy atom. The van der Waals surface area contributed by atoms with E-state index in [1.165, 1.54) is 39.3 Å². The van der Waals surface area contributed by atoms with E-state index >= 15 is 0 Å². The van der Waals surface area contributed by atoms with Crippen LogP contribution in [0.2, 0.25) is 0 Å². The van der Waals surface area contributed by atoms with Gasteiger partial charge in [-0.2, -0.15) is 0 Å². The van der Waals surface area contributed by atoms with E-state index in [0.717, 1.165) is 0 Å². The molecule has 0 aromatic heterocycles. The van der Waals surface area contributed by atoms with Gasteiger partial charge in [0, 0.05) is 11.3 Å². The van der Waals surface area contributed by atoms with E-state index in [0.29, 0.717) is 28.3 Å². The number of hydrogen-bond acceptors (Lipinski definition) is 6. The van der Waals surface area contributed by atoms with Gasteiger partial charge < -0.3 is 19.5 Å². The van der Waals surface area contributed by atoms with Crippen molar-refractivity contribution in [2.24, 2.45) is 0 Å². The van der Waals surface area contributed by atoms with Crippen LogP contribution >= 0.6 is 0 Å². The highest BCUT2D eigenvalue weighted by atomic mass is 16.5. The molecule has 0 radical (unpaired) electrons. The van der Waals surface area contributed by atoms with Gasteiger partial charge in [-0.3, -0.25) is 9.59 Å². The lowest BCUT2D eigenvalue weighted by Gasteiger charge is -2.17.